The number of aliphatic imine (C=N–C) groups is 1. The van der Waals surface area contributed by atoms with Gasteiger partial charge in [0.25, 0.3) is 5.91 Å². The highest BCUT2D eigenvalue weighted by Crippen LogP contribution is 2.25. The van der Waals surface area contributed by atoms with E-state index in [-0.39, 0.29) is 30.2 Å². The van der Waals surface area contributed by atoms with Gasteiger partial charge in [0.05, 0.1) is 18.3 Å². The summed E-state index contributed by atoms with van der Waals surface area (Å²) in [6, 6.07) is 15.1. The third kappa shape index (κ3) is 5.44. The van der Waals surface area contributed by atoms with E-state index in [2.05, 4.69) is 15.6 Å². The number of amides is 2. The molecule has 7 nitrogen and oxygen atoms in total. The van der Waals surface area contributed by atoms with Crippen molar-refractivity contribution in [1.82, 2.24) is 10.6 Å². The van der Waals surface area contributed by atoms with Gasteiger partial charge in [-0.25, -0.2) is 0 Å². The molecular weight excluding hydrogens is 368 g/mol. The molecular formula is C22H24N4O3. The van der Waals surface area contributed by atoms with Crippen LogP contribution in [0.4, 0.5) is 5.69 Å². The predicted octanol–water partition coefficient (Wildman–Crippen LogP) is 2.41. The third-order valence-corrected chi connectivity index (χ3v) is 4.69. The highest BCUT2D eigenvalue weighted by atomic mass is 16.3. The lowest BCUT2D eigenvalue weighted by molar-refractivity contribution is -0.120. The number of aromatic hydroxyl groups is 1. The van der Waals surface area contributed by atoms with E-state index in [0.717, 1.165) is 30.5 Å². The van der Waals surface area contributed by atoms with Gasteiger partial charge in [-0.15, -0.1) is 0 Å². The number of phenolic OH excluding ortho intramolecular Hbond substituents is 1. The van der Waals surface area contributed by atoms with Crippen molar-refractivity contribution in [2.45, 2.75) is 25.3 Å². The van der Waals surface area contributed by atoms with Crippen LogP contribution in [0.5, 0.6) is 5.75 Å². The largest absolute Gasteiger partial charge is 0.508 e. The Hall–Kier alpha value is -3.61. The predicted molar refractivity (Wildman–Crippen MR) is 112 cm³/mol. The number of benzene rings is 2. The van der Waals surface area contributed by atoms with Gasteiger partial charge in [0, 0.05) is 23.0 Å². The molecule has 0 bridgehead atoms. The van der Waals surface area contributed by atoms with E-state index in [1.165, 1.54) is 6.20 Å². The number of carbonyl (C=O) groups excluding carboxylic acids is 2. The van der Waals surface area contributed by atoms with Crippen LogP contribution < -0.4 is 16.4 Å². The van der Waals surface area contributed by atoms with E-state index < -0.39 is 0 Å². The van der Waals surface area contributed by atoms with Gasteiger partial charge < -0.3 is 21.5 Å². The lowest BCUT2D eigenvalue weighted by Crippen LogP contribution is -2.45. The Morgan fingerprint density at radius 3 is 2.55 bits per heavy atom. The minimum Gasteiger partial charge on any atom is -0.508 e. The molecule has 150 valence electrons. The van der Waals surface area contributed by atoms with E-state index >= 15 is 0 Å². The molecule has 1 unspecified atom stereocenters. The quantitative estimate of drug-likeness (QED) is 0.625. The van der Waals surface area contributed by atoms with Crippen LogP contribution in [0, 0.1) is 0 Å². The molecule has 2 amide bonds. The Labute approximate surface area is 169 Å². The number of nitrogens with zero attached hydrogens (tertiary/aromatic N) is 1. The van der Waals surface area contributed by atoms with Gasteiger partial charge in [0.15, 0.2) is 0 Å². The zero-order valence-electron chi connectivity index (χ0n) is 16.0. The second-order valence-corrected chi connectivity index (χ2v) is 6.76. The molecule has 0 spiro atoms. The second-order valence-electron chi connectivity index (χ2n) is 6.76. The average molecular weight is 392 g/mol. The second kappa shape index (κ2) is 9.54. The van der Waals surface area contributed by atoms with Crippen LogP contribution in [0.2, 0.25) is 0 Å². The van der Waals surface area contributed by atoms with Crippen LogP contribution in [0.15, 0.2) is 71.4 Å². The van der Waals surface area contributed by atoms with Crippen molar-refractivity contribution in [1.29, 1.82) is 0 Å². The molecule has 3 rings (SSSR count). The lowest BCUT2D eigenvalue weighted by atomic mass is 9.88. The SMILES string of the molecule is N/C=C1\C(=Nc2ccc(O)cc2)CCCC1NC(=O)CNC(=O)c1ccccc1. The lowest BCUT2D eigenvalue weighted by Gasteiger charge is -2.27. The molecule has 2 aromatic carbocycles. The van der Waals surface area contributed by atoms with Crippen LogP contribution in [0.25, 0.3) is 0 Å². The normalized spacial score (nSPS) is 19.1. The molecule has 1 atom stereocenters. The fourth-order valence-corrected chi connectivity index (χ4v) is 3.24. The van der Waals surface area contributed by atoms with Crippen LogP contribution in [-0.2, 0) is 4.79 Å². The van der Waals surface area contributed by atoms with E-state index in [1.54, 1.807) is 48.5 Å². The summed E-state index contributed by atoms with van der Waals surface area (Å²) in [6.07, 6.45) is 3.83. The zero-order chi connectivity index (χ0) is 20.6. The molecule has 0 aliphatic heterocycles. The van der Waals surface area contributed by atoms with Crippen molar-refractivity contribution in [2.75, 3.05) is 6.54 Å². The third-order valence-electron chi connectivity index (χ3n) is 4.69. The number of rotatable bonds is 5. The van der Waals surface area contributed by atoms with Crippen molar-refractivity contribution in [3.63, 3.8) is 0 Å². The molecule has 2 aromatic rings. The standard InChI is InChI=1S/C22H24N4O3/c23-13-18-19(25-16-9-11-17(27)12-10-16)7-4-8-20(18)26-21(28)14-24-22(29)15-5-2-1-3-6-15/h1-3,5-6,9-13,20,27H,4,7-8,14,23H2,(H,24,29)(H,26,28)/b18-13+,25-19?. The first-order valence-corrected chi connectivity index (χ1v) is 9.48. The zero-order valence-corrected chi connectivity index (χ0v) is 16.0. The van der Waals surface area contributed by atoms with E-state index in [9.17, 15) is 14.7 Å². The first kappa shape index (κ1) is 20.1. The number of hydrogen-bond acceptors (Lipinski definition) is 5. The molecule has 0 radical (unpaired) electrons. The smallest absolute Gasteiger partial charge is 0.251 e. The summed E-state index contributed by atoms with van der Waals surface area (Å²) in [5, 5.41) is 15.0. The fraction of sp³-hybridized carbons (Fsp3) is 0.227. The van der Waals surface area contributed by atoms with E-state index in [4.69, 9.17) is 5.73 Å². The summed E-state index contributed by atoms with van der Waals surface area (Å²) in [7, 11) is 0. The Bertz CT molecular complexity index is 921. The number of carbonyl (C=O) groups is 2. The number of phenols is 1. The summed E-state index contributed by atoms with van der Waals surface area (Å²) in [5.41, 5.74) is 8.62. The Balaban J connectivity index is 1.61. The summed E-state index contributed by atoms with van der Waals surface area (Å²) in [4.78, 5) is 29.1. The van der Waals surface area contributed by atoms with Crippen LogP contribution in [-0.4, -0.2) is 35.2 Å². The highest BCUT2D eigenvalue weighted by Gasteiger charge is 2.25. The molecule has 5 N–H and O–H groups in total. The van der Waals surface area contributed by atoms with Crippen molar-refractivity contribution in [3.05, 3.63) is 71.9 Å². The van der Waals surface area contributed by atoms with Gasteiger partial charge in [-0.3, -0.25) is 14.6 Å². The molecule has 0 heterocycles. The molecule has 29 heavy (non-hydrogen) atoms. The van der Waals surface area contributed by atoms with Crippen molar-refractivity contribution < 1.29 is 14.7 Å². The van der Waals surface area contributed by atoms with Gasteiger partial charge in [0.1, 0.15) is 5.75 Å². The summed E-state index contributed by atoms with van der Waals surface area (Å²) in [5.74, 6) is -0.409. The number of hydrogen-bond donors (Lipinski definition) is 4. The molecule has 7 heteroatoms. The average Bonchev–Trinajstić information content (AvgIpc) is 2.74. The minimum absolute atomic E-state index is 0.119. The molecule has 0 saturated heterocycles. The van der Waals surface area contributed by atoms with Gasteiger partial charge in [-0.05, 0) is 55.7 Å². The minimum atomic E-state index is -0.298. The van der Waals surface area contributed by atoms with E-state index in [1.807, 2.05) is 6.07 Å². The van der Waals surface area contributed by atoms with Gasteiger partial charge in [0.2, 0.25) is 5.91 Å². The molecule has 1 aliphatic carbocycles. The maximum absolute atomic E-state index is 12.3. The van der Waals surface area contributed by atoms with E-state index in [0.29, 0.717) is 11.3 Å². The Morgan fingerprint density at radius 1 is 1.14 bits per heavy atom. The highest BCUT2D eigenvalue weighted by molar-refractivity contribution is 6.04. The van der Waals surface area contributed by atoms with Crippen LogP contribution in [0.1, 0.15) is 29.6 Å². The first-order valence-electron chi connectivity index (χ1n) is 9.48. The van der Waals surface area contributed by atoms with Crippen LogP contribution in [0.3, 0.4) is 0 Å². The summed E-state index contributed by atoms with van der Waals surface area (Å²) < 4.78 is 0. The van der Waals surface area contributed by atoms with Gasteiger partial charge >= 0.3 is 0 Å². The van der Waals surface area contributed by atoms with Gasteiger partial charge in [-0.1, -0.05) is 18.2 Å². The maximum atomic E-state index is 12.3. The van der Waals surface area contributed by atoms with Crippen molar-refractivity contribution in [2.24, 2.45) is 10.7 Å². The molecule has 1 saturated carbocycles. The summed E-state index contributed by atoms with van der Waals surface area (Å²) in [6.45, 7) is -0.119. The maximum Gasteiger partial charge on any atom is 0.251 e. The summed E-state index contributed by atoms with van der Waals surface area (Å²) >= 11 is 0. The molecule has 1 aliphatic rings. The molecule has 0 aromatic heterocycles. The Kier molecular flexibility index (Phi) is 6.63. The van der Waals surface area contributed by atoms with Crippen molar-refractivity contribution in [3.8, 4) is 5.75 Å². The first-order chi connectivity index (χ1) is 14.1. The van der Waals surface area contributed by atoms with Gasteiger partial charge in [-0.2, -0.15) is 0 Å². The monoisotopic (exact) mass is 392 g/mol. The fourth-order valence-electron chi connectivity index (χ4n) is 3.24. The number of nitrogens with two attached hydrogens (primary N) is 1. The Morgan fingerprint density at radius 2 is 1.86 bits per heavy atom. The van der Waals surface area contributed by atoms with Crippen LogP contribution >= 0.6 is 0 Å². The topological polar surface area (TPSA) is 117 Å². The molecule has 1 fully saturated rings. The number of nitrogens with one attached hydrogen (secondary N) is 2. The van der Waals surface area contributed by atoms with Crippen molar-refractivity contribution >= 4 is 23.2 Å².